The number of hydrogen-bond acceptors (Lipinski definition) is 0. The van der Waals surface area contributed by atoms with E-state index >= 15 is 0 Å². The summed E-state index contributed by atoms with van der Waals surface area (Å²) in [4.78, 5) is 0. The monoisotopic (exact) mass is 848 g/mol. The number of halogens is 2. The molecule has 0 aromatic heterocycles. The second-order valence-electron chi connectivity index (χ2n) is 15.5. The molecule has 6 aromatic carbocycles. The molecule has 0 unspecified atom stereocenters. The maximum atomic E-state index is 4.93. The van der Waals surface area contributed by atoms with Gasteiger partial charge in [-0.3, -0.25) is 0 Å². The van der Waals surface area contributed by atoms with Gasteiger partial charge in [0.05, 0.1) is 0 Å². The molecule has 2 aliphatic rings. The minimum atomic E-state index is -0.826. The summed E-state index contributed by atoms with van der Waals surface area (Å²) in [6, 6.07) is 41.6. The van der Waals surface area contributed by atoms with Gasteiger partial charge in [-0.05, 0) is 59.8 Å². The van der Waals surface area contributed by atoms with Gasteiger partial charge in [-0.15, -0.1) is 69.1 Å². The first-order valence-corrected chi connectivity index (χ1v) is 28.9. The number of hydrogen-bond donors (Lipinski definition) is 0. The first kappa shape index (κ1) is 42.9. The van der Waals surface area contributed by atoms with Gasteiger partial charge in [-0.25, -0.2) is 0 Å². The van der Waals surface area contributed by atoms with Gasteiger partial charge in [-0.1, -0.05) is 163 Å². The van der Waals surface area contributed by atoms with Crippen LogP contribution >= 0.6 is 17.0 Å². The van der Waals surface area contributed by atoms with Crippen LogP contribution in [0.3, 0.4) is 0 Å². The van der Waals surface area contributed by atoms with Gasteiger partial charge in [0.25, 0.3) is 0 Å². The van der Waals surface area contributed by atoms with Crippen LogP contribution in [0.15, 0.2) is 109 Å². The second-order valence-corrected chi connectivity index (χ2v) is 20.3. The fourth-order valence-electron chi connectivity index (χ4n) is 8.71. The molecule has 2 radical (unpaired) electrons. The summed E-state index contributed by atoms with van der Waals surface area (Å²) in [5.74, 6) is 1.83. The van der Waals surface area contributed by atoms with Gasteiger partial charge in [0.1, 0.15) is 0 Å². The summed E-state index contributed by atoms with van der Waals surface area (Å²) >= 11 is -0.826. The SMILES string of the molecule is CCCc1ccc(-c2cccc3[cH-]c(CC4CCCC4)cc23)cc1.CCCc1ccc(-c2cccc3[cH-]c(CC4CCCC4)cc23)cc1.C[Si]C.[Cl][Zr+2][Cl]. The number of rotatable bonds is 10. The molecule has 0 amide bonds. The molecule has 0 spiro atoms. The van der Waals surface area contributed by atoms with Crippen LogP contribution in [-0.2, 0) is 46.5 Å². The predicted octanol–water partition coefficient (Wildman–Crippen LogP) is 16.0. The van der Waals surface area contributed by atoms with Crippen LogP contribution in [0.2, 0.25) is 13.1 Å². The van der Waals surface area contributed by atoms with E-state index in [4.69, 9.17) is 17.0 Å². The second kappa shape index (κ2) is 23.1. The number of aryl methyl sites for hydroxylation is 2. The van der Waals surface area contributed by atoms with E-state index in [9.17, 15) is 0 Å². The first-order valence-electron chi connectivity index (χ1n) is 20.6. The van der Waals surface area contributed by atoms with Gasteiger partial charge in [-0.2, -0.15) is 12.1 Å². The minimum absolute atomic E-state index is 0.826. The van der Waals surface area contributed by atoms with Crippen molar-refractivity contribution >= 4 is 48.1 Å². The Hall–Kier alpha value is -2.22. The molecule has 8 rings (SSSR count). The average molecular weight is 851 g/mol. The molecule has 2 aliphatic carbocycles. The Morgan fingerprint density at radius 2 is 0.926 bits per heavy atom. The summed E-state index contributed by atoms with van der Waals surface area (Å²) in [7, 11) is 11.0. The molecule has 0 N–H and O–H groups in total. The van der Waals surface area contributed by atoms with Gasteiger partial charge >= 0.3 is 37.9 Å². The zero-order chi connectivity index (χ0) is 38.1. The molecule has 0 saturated heterocycles. The zero-order valence-electron chi connectivity index (χ0n) is 33.2. The summed E-state index contributed by atoms with van der Waals surface area (Å²) in [6.07, 6.45) is 18.7. The zero-order valence-corrected chi connectivity index (χ0v) is 38.2. The van der Waals surface area contributed by atoms with Crippen molar-refractivity contribution in [1.82, 2.24) is 0 Å². The van der Waals surface area contributed by atoms with Crippen molar-refractivity contribution < 1.29 is 20.8 Å². The van der Waals surface area contributed by atoms with Crippen LogP contribution < -0.4 is 0 Å². The molecule has 0 aliphatic heterocycles. The Bertz CT molecular complexity index is 1800. The van der Waals surface area contributed by atoms with Crippen LogP contribution in [0, 0.1) is 11.8 Å². The molecule has 2 saturated carbocycles. The summed E-state index contributed by atoms with van der Waals surface area (Å²) < 4.78 is 0. The van der Waals surface area contributed by atoms with Crippen molar-refractivity contribution in [1.29, 1.82) is 0 Å². The Morgan fingerprint density at radius 3 is 1.26 bits per heavy atom. The number of benzene rings is 4. The van der Waals surface area contributed by atoms with E-state index in [0.29, 0.717) is 0 Å². The standard InChI is InChI=1S/2C24H27.C2H6Si.2ClH.Zr/c2*1-2-6-18-11-13-21(14-12-18)23-10-5-9-22-16-20(17-24(22)23)15-19-7-3-4-8-19;1-3-2;;;/h2*5,9-14,16-17,19H,2-4,6-8,15H2,1H3;1-2H3;2*1H;/q2*-1;;;;+4/p-2. The van der Waals surface area contributed by atoms with Gasteiger partial charge in [0, 0.05) is 9.52 Å². The van der Waals surface area contributed by atoms with Crippen LogP contribution in [-0.4, -0.2) is 9.52 Å². The van der Waals surface area contributed by atoms with Crippen molar-refractivity contribution in [2.24, 2.45) is 11.8 Å². The fourth-order valence-corrected chi connectivity index (χ4v) is 8.71. The van der Waals surface area contributed by atoms with Crippen molar-refractivity contribution in [3.8, 4) is 22.3 Å². The third kappa shape index (κ3) is 12.4. The van der Waals surface area contributed by atoms with Gasteiger partial charge in [0.2, 0.25) is 0 Å². The predicted molar refractivity (Wildman–Crippen MR) is 238 cm³/mol. The summed E-state index contributed by atoms with van der Waals surface area (Å²) in [5, 5.41) is 5.65. The van der Waals surface area contributed by atoms with E-state index < -0.39 is 20.8 Å². The van der Waals surface area contributed by atoms with Gasteiger partial charge < -0.3 is 0 Å². The van der Waals surface area contributed by atoms with Crippen molar-refractivity contribution in [2.75, 3.05) is 0 Å². The van der Waals surface area contributed by atoms with E-state index in [1.165, 1.54) is 156 Å². The quantitative estimate of drug-likeness (QED) is 0.0951. The Morgan fingerprint density at radius 1 is 0.574 bits per heavy atom. The molecule has 54 heavy (non-hydrogen) atoms. The molecule has 4 heteroatoms. The molecule has 0 heterocycles. The average Bonchev–Trinajstić information content (AvgIpc) is 4.02. The van der Waals surface area contributed by atoms with E-state index in [-0.39, 0.29) is 0 Å². The molecule has 6 aromatic rings. The fraction of sp³-hybridized carbons (Fsp3) is 0.400. The maximum absolute atomic E-state index is 4.93. The topological polar surface area (TPSA) is 0 Å². The molecule has 0 atom stereocenters. The molecule has 0 nitrogen and oxygen atoms in total. The molecular formula is C50H60Cl2SiZr. The Kier molecular flexibility index (Phi) is 18.4. The molecular weight excluding hydrogens is 791 g/mol. The van der Waals surface area contributed by atoms with E-state index in [1.54, 1.807) is 0 Å². The van der Waals surface area contributed by atoms with Crippen molar-refractivity contribution in [2.45, 2.75) is 117 Å². The normalized spacial score (nSPS) is 14.2. The molecule has 0 bridgehead atoms. The van der Waals surface area contributed by atoms with Crippen LogP contribution in [0.25, 0.3) is 43.8 Å². The van der Waals surface area contributed by atoms with E-state index in [1.807, 2.05) is 0 Å². The van der Waals surface area contributed by atoms with Crippen LogP contribution in [0.1, 0.15) is 100 Å². The Balaban J connectivity index is 0.000000182. The van der Waals surface area contributed by atoms with Gasteiger partial charge in [0.15, 0.2) is 0 Å². The summed E-state index contributed by atoms with van der Waals surface area (Å²) in [5.41, 5.74) is 11.4. The third-order valence-electron chi connectivity index (χ3n) is 11.2. The Labute approximate surface area is 348 Å². The first-order chi connectivity index (χ1) is 26.5. The van der Waals surface area contributed by atoms with Crippen LogP contribution in [0.4, 0.5) is 0 Å². The van der Waals surface area contributed by atoms with Crippen molar-refractivity contribution in [3.05, 3.63) is 131 Å². The third-order valence-corrected chi connectivity index (χ3v) is 11.2. The van der Waals surface area contributed by atoms with Crippen LogP contribution in [0.5, 0.6) is 0 Å². The van der Waals surface area contributed by atoms with Crippen molar-refractivity contribution in [3.63, 3.8) is 0 Å². The van der Waals surface area contributed by atoms with E-state index in [0.717, 1.165) is 21.4 Å². The summed E-state index contributed by atoms with van der Waals surface area (Å²) in [6.45, 7) is 8.79. The molecule has 282 valence electrons. The molecule has 2 fully saturated rings. The number of fused-ring (bicyclic) bond motifs is 2. The van der Waals surface area contributed by atoms with E-state index in [2.05, 4.69) is 136 Å².